The van der Waals surface area contributed by atoms with Crippen LogP contribution in [0.1, 0.15) is 41.5 Å². The van der Waals surface area contributed by atoms with Gasteiger partial charge in [-0.2, -0.15) is 0 Å². The van der Waals surface area contributed by atoms with Crippen LogP contribution in [-0.4, -0.2) is 75.5 Å². The SMILES string of the molecule is COC(=O)C1=C(C)N(c2ccc(OC)cc2)C(C)=C(C(=O)OC)C1[C@@H]1O[C@H]2OC(C)(C)O[C@H]2[C@@H]2OC(C)(C)O[C@@H]21. The molecule has 11 nitrogen and oxygen atoms in total. The number of fused-ring (bicyclic) bond motifs is 3. The Hall–Kier alpha value is -2.96. The Morgan fingerprint density at radius 1 is 0.725 bits per heavy atom. The minimum Gasteiger partial charge on any atom is -0.497 e. The number of hydrogen-bond acceptors (Lipinski definition) is 11. The first-order chi connectivity index (χ1) is 18.8. The smallest absolute Gasteiger partial charge is 0.336 e. The summed E-state index contributed by atoms with van der Waals surface area (Å²) in [6.07, 6.45) is -3.56. The van der Waals surface area contributed by atoms with Crippen molar-refractivity contribution in [2.45, 2.75) is 83.8 Å². The molecule has 3 fully saturated rings. The molecule has 4 heterocycles. The van der Waals surface area contributed by atoms with Crippen molar-refractivity contribution in [1.82, 2.24) is 0 Å². The zero-order valence-electron chi connectivity index (χ0n) is 24.3. The third kappa shape index (κ3) is 4.69. The highest BCUT2D eigenvalue weighted by Crippen LogP contribution is 2.50. The molecular formula is C29H37NO10. The molecule has 0 radical (unpaired) electrons. The van der Waals surface area contributed by atoms with Gasteiger partial charge in [-0.05, 0) is 65.8 Å². The third-order valence-electron chi connectivity index (χ3n) is 7.73. The van der Waals surface area contributed by atoms with Crippen molar-refractivity contribution in [2.24, 2.45) is 5.92 Å². The average Bonchev–Trinajstić information content (AvgIpc) is 3.41. The van der Waals surface area contributed by atoms with Crippen molar-refractivity contribution in [1.29, 1.82) is 0 Å². The van der Waals surface area contributed by atoms with Crippen LogP contribution in [0.3, 0.4) is 0 Å². The predicted molar refractivity (Wildman–Crippen MR) is 141 cm³/mol. The Kier molecular flexibility index (Phi) is 7.25. The van der Waals surface area contributed by atoms with Gasteiger partial charge in [-0.15, -0.1) is 0 Å². The van der Waals surface area contributed by atoms with E-state index in [2.05, 4.69) is 0 Å². The van der Waals surface area contributed by atoms with Crippen molar-refractivity contribution in [2.75, 3.05) is 26.2 Å². The highest BCUT2D eigenvalue weighted by atomic mass is 16.9. The van der Waals surface area contributed by atoms with Gasteiger partial charge in [-0.3, -0.25) is 0 Å². The van der Waals surface area contributed by atoms with Crippen LogP contribution in [0.2, 0.25) is 0 Å². The zero-order chi connectivity index (χ0) is 29.1. The van der Waals surface area contributed by atoms with Crippen molar-refractivity contribution in [3.8, 4) is 5.75 Å². The van der Waals surface area contributed by atoms with Crippen molar-refractivity contribution >= 4 is 17.6 Å². The number of allylic oxidation sites excluding steroid dienone is 2. The molecule has 0 spiro atoms. The van der Waals surface area contributed by atoms with Crippen LogP contribution in [0.25, 0.3) is 0 Å². The second-order valence-corrected chi connectivity index (χ2v) is 11.1. The lowest BCUT2D eigenvalue weighted by molar-refractivity contribution is -0.240. The molecule has 3 saturated heterocycles. The summed E-state index contributed by atoms with van der Waals surface area (Å²) < 4.78 is 47.3. The maximum Gasteiger partial charge on any atom is 0.336 e. The number of carbonyl (C=O) groups excluding carboxylic acids is 2. The van der Waals surface area contributed by atoms with E-state index in [1.165, 1.54) is 14.2 Å². The molecule has 11 heteroatoms. The van der Waals surface area contributed by atoms with Crippen LogP contribution >= 0.6 is 0 Å². The number of hydrogen-bond donors (Lipinski definition) is 0. The molecule has 0 amide bonds. The summed E-state index contributed by atoms with van der Waals surface area (Å²) in [4.78, 5) is 28.9. The fraction of sp³-hybridized carbons (Fsp3) is 0.586. The van der Waals surface area contributed by atoms with E-state index in [1.54, 1.807) is 60.8 Å². The quantitative estimate of drug-likeness (QED) is 0.495. The van der Waals surface area contributed by atoms with Gasteiger partial charge in [0.25, 0.3) is 0 Å². The van der Waals surface area contributed by atoms with Gasteiger partial charge in [0.15, 0.2) is 17.9 Å². The van der Waals surface area contributed by atoms with Gasteiger partial charge in [0.2, 0.25) is 0 Å². The molecule has 1 aromatic rings. The minimum absolute atomic E-state index is 0.234. The first-order valence-corrected chi connectivity index (χ1v) is 13.2. The van der Waals surface area contributed by atoms with E-state index in [0.717, 1.165) is 5.69 Å². The summed E-state index contributed by atoms with van der Waals surface area (Å²) in [6, 6.07) is 7.29. The predicted octanol–water partition coefficient (Wildman–Crippen LogP) is 3.42. The number of nitrogens with zero attached hydrogens (tertiary/aromatic N) is 1. The standard InChI is InChI=1S/C29H37NO10/c1-14-18(25(31)34-8)20(19(26(32)35-9)15(2)30(14)16-10-12-17(33-7)13-11-16)21-22-23(38-28(3,4)37-22)24-27(36-21)40-29(5,6)39-24/h10-13,20-24,27H,1-9H3/t21-,22+,23+,24-,27-/m0/s1. The normalized spacial score (nSPS) is 31.1. The first-order valence-electron chi connectivity index (χ1n) is 13.2. The molecule has 0 N–H and O–H groups in total. The summed E-state index contributed by atoms with van der Waals surface area (Å²) >= 11 is 0. The van der Waals surface area contributed by atoms with Gasteiger partial charge in [-0.1, -0.05) is 0 Å². The molecule has 0 saturated carbocycles. The molecule has 0 unspecified atom stereocenters. The highest BCUT2D eigenvalue weighted by molar-refractivity contribution is 6.00. The van der Waals surface area contributed by atoms with Crippen molar-refractivity contribution in [3.63, 3.8) is 0 Å². The van der Waals surface area contributed by atoms with Crippen molar-refractivity contribution in [3.05, 3.63) is 46.8 Å². The average molecular weight is 560 g/mol. The second-order valence-electron chi connectivity index (χ2n) is 11.1. The van der Waals surface area contributed by atoms with E-state index >= 15 is 0 Å². The Labute approximate surface area is 233 Å². The van der Waals surface area contributed by atoms with Crippen LogP contribution < -0.4 is 9.64 Å². The van der Waals surface area contributed by atoms with E-state index in [4.69, 9.17) is 37.9 Å². The maximum absolute atomic E-state index is 13.5. The second kappa shape index (κ2) is 10.1. The first kappa shape index (κ1) is 28.6. The van der Waals surface area contributed by atoms with E-state index in [-0.39, 0.29) is 11.1 Å². The zero-order valence-corrected chi connectivity index (χ0v) is 24.3. The molecule has 4 aliphatic rings. The van der Waals surface area contributed by atoms with Crippen LogP contribution in [0.5, 0.6) is 5.75 Å². The Morgan fingerprint density at radius 2 is 1.20 bits per heavy atom. The van der Waals surface area contributed by atoms with Crippen LogP contribution in [0, 0.1) is 5.92 Å². The van der Waals surface area contributed by atoms with E-state index in [0.29, 0.717) is 17.1 Å². The van der Waals surface area contributed by atoms with Crippen LogP contribution in [-0.2, 0) is 42.7 Å². The summed E-state index contributed by atoms with van der Waals surface area (Å²) in [5.41, 5.74) is 2.32. The van der Waals surface area contributed by atoms with Gasteiger partial charge in [0, 0.05) is 17.1 Å². The Morgan fingerprint density at radius 3 is 1.70 bits per heavy atom. The molecule has 218 valence electrons. The molecular weight excluding hydrogens is 522 g/mol. The lowest BCUT2D eigenvalue weighted by Crippen LogP contribution is -2.59. The Bertz CT molecular complexity index is 1210. The molecule has 0 aliphatic carbocycles. The lowest BCUT2D eigenvalue weighted by atomic mass is 9.76. The number of methoxy groups -OCH3 is 3. The third-order valence-corrected chi connectivity index (χ3v) is 7.73. The molecule has 5 rings (SSSR count). The number of carbonyl (C=O) groups is 2. The largest absolute Gasteiger partial charge is 0.497 e. The summed E-state index contributed by atoms with van der Waals surface area (Å²) in [5, 5.41) is 0. The minimum atomic E-state index is -0.972. The Balaban J connectivity index is 1.68. The number of benzene rings is 1. The van der Waals surface area contributed by atoms with E-state index in [9.17, 15) is 9.59 Å². The summed E-state index contributed by atoms with van der Waals surface area (Å²) in [6.45, 7) is 10.8. The van der Waals surface area contributed by atoms with Gasteiger partial charge in [0.05, 0.1) is 38.4 Å². The number of rotatable bonds is 5. The molecule has 0 aromatic heterocycles. The summed E-state index contributed by atoms with van der Waals surface area (Å²) in [7, 11) is 4.19. The summed E-state index contributed by atoms with van der Waals surface area (Å²) in [5.74, 6) is -3.38. The van der Waals surface area contributed by atoms with Crippen molar-refractivity contribution < 1.29 is 47.5 Å². The molecule has 1 aromatic carbocycles. The molecule has 0 bridgehead atoms. The van der Waals surface area contributed by atoms with Gasteiger partial charge in [-0.25, -0.2) is 9.59 Å². The fourth-order valence-corrected chi connectivity index (χ4v) is 6.21. The number of esters is 2. The molecule has 4 aliphatic heterocycles. The molecule has 5 atom stereocenters. The highest BCUT2D eigenvalue weighted by Gasteiger charge is 2.63. The van der Waals surface area contributed by atoms with Crippen LogP contribution in [0.15, 0.2) is 46.8 Å². The maximum atomic E-state index is 13.5. The molecule has 40 heavy (non-hydrogen) atoms. The van der Waals surface area contributed by atoms with Gasteiger partial charge >= 0.3 is 11.9 Å². The van der Waals surface area contributed by atoms with Gasteiger partial charge in [0.1, 0.15) is 30.2 Å². The van der Waals surface area contributed by atoms with Gasteiger partial charge < -0.3 is 42.8 Å². The monoisotopic (exact) mass is 559 g/mol. The fourth-order valence-electron chi connectivity index (χ4n) is 6.21. The number of ether oxygens (including phenoxy) is 8. The number of anilines is 1. The van der Waals surface area contributed by atoms with E-state index < -0.39 is 60.1 Å². The van der Waals surface area contributed by atoms with E-state index in [1.807, 2.05) is 17.0 Å². The van der Waals surface area contributed by atoms with Crippen LogP contribution in [0.4, 0.5) is 5.69 Å². The lowest BCUT2D eigenvalue weighted by Gasteiger charge is -2.45. The topological polar surface area (TPSA) is 111 Å².